The van der Waals surface area contributed by atoms with Gasteiger partial charge in [0.2, 0.25) is 0 Å². The van der Waals surface area contributed by atoms with E-state index in [4.69, 9.17) is 17.3 Å². The third kappa shape index (κ3) is 2.60. The van der Waals surface area contributed by atoms with Crippen LogP contribution >= 0.6 is 11.6 Å². The van der Waals surface area contributed by atoms with Gasteiger partial charge >= 0.3 is 0 Å². The summed E-state index contributed by atoms with van der Waals surface area (Å²) in [6.45, 7) is 0. The van der Waals surface area contributed by atoms with Crippen LogP contribution in [0.1, 0.15) is 17.2 Å². The van der Waals surface area contributed by atoms with Gasteiger partial charge in [0, 0.05) is 35.1 Å². The van der Waals surface area contributed by atoms with Crippen LogP contribution in [0.2, 0.25) is 5.02 Å². The van der Waals surface area contributed by atoms with Crippen LogP contribution in [0, 0.1) is 5.82 Å². The van der Waals surface area contributed by atoms with Crippen LogP contribution < -0.4 is 5.73 Å². The van der Waals surface area contributed by atoms with E-state index in [-0.39, 0.29) is 17.0 Å². The van der Waals surface area contributed by atoms with Crippen LogP contribution in [0.3, 0.4) is 0 Å². The average molecular weight is 267 g/mol. The van der Waals surface area contributed by atoms with E-state index in [1.165, 1.54) is 18.2 Å². The van der Waals surface area contributed by atoms with Crippen molar-refractivity contribution >= 4 is 17.3 Å². The van der Waals surface area contributed by atoms with Gasteiger partial charge in [0.1, 0.15) is 5.82 Å². The lowest BCUT2D eigenvalue weighted by Crippen LogP contribution is -2.07. The normalized spacial score (nSPS) is 12.4. The first-order valence-electron chi connectivity index (χ1n) is 5.40. The van der Waals surface area contributed by atoms with Crippen molar-refractivity contribution in [2.45, 2.75) is 12.5 Å². The van der Waals surface area contributed by atoms with Crippen molar-refractivity contribution in [3.8, 4) is 0 Å². The first-order valence-corrected chi connectivity index (χ1v) is 5.77. The number of aliphatic hydroxyl groups excluding tert-OH is 1. The number of benzene rings is 1. The topological polar surface area (TPSA) is 59.1 Å². The summed E-state index contributed by atoms with van der Waals surface area (Å²) >= 11 is 5.88. The summed E-state index contributed by atoms with van der Waals surface area (Å²) in [6, 6.07) is 5.92. The minimum atomic E-state index is -1.05. The number of nitrogens with zero attached hydrogens (tertiary/aromatic N) is 1. The van der Waals surface area contributed by atoms with Gasteiger partial charge in [-0.3, -0.25) is 4.98 Å². The van der Waals surface area contributed by atoms with Crippen molar-refractivity contribution in [1.82, 2.24) is 4.98 Å². The molecule has 1 heterocycles. The number of anilines is 1. The van der Waals surface area contributed by atoms with Crippen LogP contribution in [-0.2, 0) is 6.42 Å². The molecule has 18 heavy (non-hydrogen) atoms. The van der Waals surface area contributed by atoms with Gasteiger partial charge in [0.15, 0.2) is 0 Å². The molecule has 1 atom stereocenters. The summed E-state index contributed by atoms with van der Waals surface area (Å²) in [6.07, 6.45) is 2.22. The molecule has 1 unspecified atom stereocenters. The second kappa shape index (κ2) is 5.33. The van der Waals surface area contributed by atoms with Crippen LogP contribution in [-0.4, -0.2) is 10.1 Å². The molecule has 0 saturated carbocycles. The van der Waals surface area contributed by atoms with Crippen molar-refractivity contribution in [3.05, 3.63) is 58.6 Å². The average Bonchev–Trinajstić information content (AvgIpc) is 2.32. The second-order valence-electron chi connectivity index (χ2n) is 3.93. The molecule has 0 radical (unpaired) electrons. The van der Waals surface area contributed by atoms with Gasteiger partial charge in [-0.05, 0) is 23.8 Å². The lowest BCUT2D eigenvalue weighted by molar-refractivity contribution is 0.174. The van der Waals surface area contributed by atoms with Crippen LogP contribution in [0.4, 0.5) is 10.1 Å². The third-order valence-electron chi connectivity index (χ3n) is 2.69. The Morgan fingerprint density at radius 1 is 1.39 bits per heavy atom. The molecule has 0 fully saturated rings. The quantitative estimate of drug-likeness (QED) is 0.898. The van der Waals surface area contributed by atoms with Crippen molar-refractivity contribution < 1.29 is 9.50 Å². The van der Waals surface area contributed by atoms with Gasteiger partial charge in [-0.15, -0.1) is 0 Å². The molecule has 0 bridgehead atoms. The Balaban J connectivity index is 2.28. The summed E-state index contributed by atoms with van der Waals surface area (Å²) in [4.78, 5) is 3.92. The molecule has 1 aromatic carbocycles. The Kier molecular flexibility index (Phi) is 3.79. The fraction of sp³-hybridized carbons (Fsp3) is 0.154. The fourth-order valence-electron chi connectivity index (χ4n) is 1.75. The number of halogens is 2. The highest BCUT2D eigenvalue weighted by Crippen LogP contribution is 2.29. The number of nitrogen functional groups attached to an aromatic ring is 1. The zero-order valence-corrected chi connectivity index (χ0v) is 10.2. The molecular weight excluding hydrogens is 255 g/mol. The minimum absolute atomic E-state index is 0.0856. The van der Waals surface area contributed by atoms with Gasteiger partial charge in [-0.25, -0.2) is 4.39 Å². The van der Waals surface area contributed by atoms with E-state index in [9.17, 15) is 9.50 Å². The van der Waals surface area contributed by atoms with Gasteiger partial charge in [0.05, 0.1) is 6.10 Å². The van der Waals surface area contributed by atoms with E-state index in [2.05, 4.69) is 4.98 Å². The number of rotatable bonds is 3. The van der Waals surface area contributed by atoms with Crippen molar-refractivity contribution in [3.63, 3.8) is 0 Å². The number of hydrogen-bond acceptors (Lipinski definition) is 3. The predicted molar refractivity (Wildman–Crippen MR) is 68.7 cm³/mol. The molecule has 0 spiro atoms. The third-order valence-corrected chi connectivity index (χ3v) is 3.02. The lowest BCUT2D eigenvalue weighted by Gasteiger charge is -2.14. The van der Waals surface area contributed by atoms with E-state index < -0.39 is 11.9 Å². The molecule has 2 aromatic rings. The molecule has 2 rings (SSSR count). The molecular formula is C13H12ClFN2O. The van der Waals surface area contributed by atoms with Crippen LogP contribution in [0.5, 0.6) is 0 Å². The van der Waals surface area contributed by atoms with Gasteiger partial charge in [0.25, 0.3) is 0 Å². The number of pyridine rings is 1. The summed E-state index contributed by atoms with van der Waals surface area (Å²) in [5.41, 5.74) is 7.00. The Morgan fingerprint density at radius 2 is 2.17 bits per heavy atom. The Morgan fingerprint density at radius 3 is 2.83 bits per heavy atom. The van der Waals surface area contributed by atoms with Gasteiger partial charge in [-0.2, -0.15) is 0 Å². The van der Waals surface area contributed by atoms with E-state index in [1.807, 2.05) is 0 Å². The molecule has 0 aliphatic carbocycles. The Bertz CT molecular complexity index is 542. The maximum absolute atomic E-state index is 13.6. The zero-order chi connectivity index (χ0) is 13.1. The standard InChI is InChI=1S/C13H12ClFN2O/c14-9-2-1-3-10(15)13(9)12(18)6-8-7-17-5-4-11(8)16/h1-5,7,12,18H,6H2,(H2,16,17). The number of nitrogens with two attached hydrogens (primary N) is 1. The number of aliphatic hydroxyl groups is 1. The van der Waals surface area contributed by atoms with Crippen LogP contribution in [0.25, 0.3) is 0 Å². The summed E-state index contributed by atoms with van der Waals surface area (Å²) in [5, 5.41) is 10.3. The monoisotopic (exact) mass is 266 g/mol. The largest absolute Gasteiger partial charge is 0.398 e. The van der Waals surface area contributed by atoms with E-state index >= 15 is 0 Å². The molecule has 0 aliphatic heterocycles. The van der Waals surface area contributed by atoms with Crippen LogP contribution in [0.15, 0.2) is 36.7 Å². The van der Waals surface area contributed by atoms with E-state index in [1.54, 1.807) is 18.5 Å². The first kappa shape index (κ1) is 12.8. The number of hydrogen-bond donors (Lipinski definition) is 2. The maximum Gasteiger partial charge on any atom is 0.130 e. The molecule has 3 nitrogen and oxygen atoms in total. The highest BCUT2D eigenvalue weighted by Gasteiger charge is 2.17. The molecule has 5 heteroatoms. The maximum atomic E-state index is 13.6. The van der Waals surface area contributed by atoms with Gasteiger partial charge in [-0.1, -0.05) is 17.7 Å². The highest BCUT2D eigenvalue weighted by molar-refractivity contribution is 6.31. The summed E-state index contributed by atoms with van der Waals surface area (Å²) in [5.74, 6) is -0.530. The smallest absolute Gasteiger partial charge is 0.130 e. The molecule has 94 valence electrons. The molecule has 3 N–H and O–H groups in total. The van der Waals surface area contributed by atoms with Gasteiger partial charge < -0.3 is 10.8 Å². The summed E-state index contributed by atoms with van der Waals surface area (Å²) in [7, 11) is 0. The van der Waals surface area contributed by atoms with Crippen molar-refractivity contribution in [1.29, 1.82) is 0 Å². The van der Waals surface area contributed by atoms with E-state index in [0.29, 0.717) is 11.3 Å². The van der Waals surface area contributed by atoms with Crippen molar-refractivity contribution in [2.24, 2.45) is 0 Å². The molecule has 0 amide bonds. The van der Waals surface area contributed by atoms with E-state index in [0.717, 1.165) is 0 Å². The summed E-state index contributed by atoms with van der Waals surface area (Å²) < 4.78 is 13.6. The fourth-order valence-corrected chi connectivity index (χ4v) is 2.04. The number of aromatic nitrogens is 1. The minimum Gasteiger partial charge on any atom is -0.398 e. The second-order valence-corrected chi connectivity index (χ2v) is 4.34. The highest BCUT2D eigenvalue weighted by atomic mass is 35.5. The molecule has 1 aromatic heterocycles. The molecule has 0 aliphatic rings. The molecule has 0 saturated heterocycles. The lowest BCUT2D eigenvalue weighted by atomic mass is 10.0. The predicted octanol–water partition coefficient (Wildman–Crippen LogP) is 2.73. The Labute approximate surface area is 109 Å². The zero-order valence-electron chi connectivity index (χ0n) is 9.48. The first-order chi connectivity index (χ1) is 8.59. The van der Waals surface area contributed by atoms with Crippen molar-refractivity contribution in [2.75, 3.05) is 5.73 Å². The Hall–Kier alpha value is -1.65. The SMILES string of the molecule is Nc1ccncc1CC(O)c1c(F)cccc1Cl.